The summed E-state index contributed by atoms with van der Waals surface area (Å²) in [5.74, 6) is 1.04. The van der Waals surface area contributed by atoms with E-state index < -0.39 is 0 Å². The van der Waals surface area contributed by atoms with Gasteiger partial charge in [-0.05, 0) is 25.8 Å². The second-order valence-corrected chi connectivity index (χ2v) is 6.87. The molecule has 0 atom stereocenters. The number of aromatic nitrogens is 2. The van der Waals surface area contributed by atoms with Gasteiger partial charge in [0.1, 0.15) is 10.6 Å². The monoisotopic (exact) mass is 292 g/mol. The van der Waals surface area contributed by atoms with Crippen LogP contribution in [0.2, 0.25) is 0 Å². The number of nitrogens with one attached hydrogen (secondary N) is 1. The Morgan fingerprint density at radius 1 is 1.35 bits per heavy atom. The molecular formula is C14H20N4OS. The van der Waals surface area contributed by atoms with Crippen molar-refractivity contribution in [3.8, 4) is 0 Å². The molecule has 1 saturated carbocycles. The molecular weight excluding hydrogens is 272 g/mol. The number of nitrogen functional groups attached to an aromatic ring is 1. The van der Waals surface area contributed by atoms with Crippen LogP contribution in [0.25, 0.3) is 10.2 Å². The highest BCUT2D eigenvalue weighted by atomic mass is 32.1. The van der Waals surface area contributed by atoms with Crippen LogP contribution in [0, 0.1) is 6.92 Å². The molecule has 2 heterocycles. The summed E-state index contributed by atoms with van der Waals surface area (Å²) in [6.07, 6.45) is 5.46. The molecule has 1 fully saturated rings. The van der Waals surface area contributed by atoms with E-state index in [1.807, 2.05) is 0 Å². The summed E-state index contributed by atoms with van der Waals surface area (Å²) in [7, 11) is 0. The lowest BCUT2D eigenvalue weighted by molar-refractivity contribution is 0.172. The Morgan fingerprint density at radius 3 is 2.80 bits per heavy atom. The third kappa shape index (κ3) is 2.45. The van der Waals surface area contributed by atoms with Crippen LogP contribution in [-0.4, -0.2) is 27.2 Å². The van der Waals surface area contributed by atoms with Gasteiger partial charge >= 0.3 is 0 Å². The number of aryl methyl sites for hydroxylation is 1. The van der Waals surface area contributed by atoms with Crippen molar-refractivity contribution in [3.05, 3.63) is 10.9 Å². The number of fused-ring (bicyclic) bond motifs is 1. The van der Waals surface area contributed by atoms with Crippen molar-refractivity contribution in [1.29, 1.82) is 0 Å². The second kappa shape index (κ2) is 5.18. The number of thiophene rings is 1. The van der Waals surface area contributed by atoms with Gasteiger partial charge in [0.25, 0.3) is 0 Å². The average molecular weight is 292 g/mol. The van der Waals surface area contributed by atoms with Crippen molar-refractivity contribution >= 4 is 33.3 Å². The Hall–Kier alpha value is -1.40. The van der Waals surface area contributed by atoms with E-state index in [1.165, 1.54) is 11.3 Å². The lowest BCUT2D eigenvalue weighted by atomic mass is 9.82. The lowest BCUT2D eigenvalue weighted by Crippen LogP contribution is -2.44. The number of aliphatic hydroxyl groups is 1. The maximum Gasteiger partial charge on any atom is 0.223 e. The molecule has 0 amide bonds. The summed E-state index contributed by atoms with van der Waals surface area (Å²) in [6, 6.07) is 2.08. The molecule has 0 spiro atoms. The molecule has 5 nitrogen and oxygen atoms in total. The van der Waals surface area contributed by atoms with E-state index in [0.717, 1.165) is 41.7 Å². The summed E-state index contributed by atoms with van der Waals surface area (Å²) in [4.78, 5) is 10.7. The van der Waals surface area contributed by atoms with Gasteiger partial charge in [0.15, 0.2) is 0 Å². The molecule has 108 valence electrons. The number of nitrogens with two attached hydrogens (primary N) is 1. The fraction of sp³-hybridized carbons (Fsp3) is 0.571. The normalized spacial score (nSPS) is 18.3. The quantitative estimate of drug-likeness (QED) is 0.810. The topological polar surface area (TPSA) is 84.1 Å². The molecule has 20 heavy (non-hydrogen) atoms. The van der Waals surface area contributed by atoms with Gasteiger partial charge in [-0.3, -0.25) is 0 Å². The zero-order valence-corrected chi connectivity index (χ0v) is 12.5. The Bertz CT molecular complexity index is 619. The number of anilines is 2. The largest absolute Gasteiger partial charge is 0.394 e. The van der Waals surface area contributed by atoms with Gasteiger partial charge in [0.2, 0.25) is 5.95 Å². The molecule has 0 aromatic carbocycles. The highest BCUT2D eigenvalue weighted by molar-refractivity contribution is 7.18. The van der Waals surface area contributed by atoms with E-state index in [4.69, 9.17) is 5.73 Å². The van der Waals surface area contributed by atoms with Gasteiger partial charge in [-0.2, -0.15) is 4.98 Å². The second-order valence-electron chi connectivity index (χ2n) is 5.63. The van der Waals surface area contributed by atoms with Crippen molar-refractivity contribution in [3.63, 3.8) is 0 Å². The fourth-order valence-electron chi connectivity index (χ4n) is 2.96. The number of aliphatic hydroxyl groups excluding tert-OH is 1. The summed E-state index contributed by atoms with van der Waals surface area (Å²) < 4.78 is 0. The molecule has 3 rings (SSSR count). The first-order valence-electron chi connectivity index (χ1n) is 7.05. The maximum absolute atomic E-state index is 9.81. The van der Waals surface area contributed by atoms with E-state index in [0.29, 0.717) is 0 Å². The highest BCUT2D eigenvalue weighted by Crippen LogP contribution is 2.35. The first-order valence-corrected chi connectivity index (χ1v) is 7.86. The minimum absolute atomic E-state index is 0.127. The van der Waals surface area contributed by atoms with Gasteiger partial charge in [0, 0.05) is 4.88 Å². The van der Waals surface area contributed by atoms with E-state index in [1.54, 1.807) is 11.3 Å². The number of hydrogen-bond acceptors (Lipinski definition) is 6. The SMILES string of the molecule is Cc1cc2c(NC3(CO)CCCCC3)nc(N)nc2s1. The fourth-order valence-corrected chi connectivity index (χ4v) is 3.84. The van der Waals surface area contributed by atoms with Gasteiger partial charge in [0.05, 0.1) is 17.5 Å². The van der Waals surface area contributed by atoms with Crippen molar-refractivity contribution in [2.45, 2.75) is 44.6 Å². The Labute approximate surface area is 122 Å². The van der Waals surface area contributed by atoms with Crippen LogP contribution in [0.4, 0.5) is 11.8 Å². The van der Waals surface area contributed by atoms with Crippen molar-refractivity contribution in [2.24, 2.45) is 0 Å². The summed E-state index contributed by atoms with van der Waals surface area (Å²) in [5, 5.41) is 14.3. The molecule has 2 aromatic heterocycles. The highest BCUT2D eigenvalue weighted by Gasteiger charge is 2.32. The zero-order valence-electron chi connectivity index (χ0n) is 11.6. The minimum atomic E-state index is -0.262. The molecule has 0 radical (unpaired) electrons. The molecule has 6 heteroatoms. The van der Waals surface area contributed by atoms with Crippen LogP contribution in [0.3, 0.4) is 0 Å². The van der Waals surface area contributed by atoms with Crippen LogP contribution in [0.1, 0.15) is 37.0 Å². The molecule has 0 bridgehead atoms. The third-order valence-corrected chi connectivity index (χ3v) is 4.97. The Kier molecular flexibility index (Phi) is 3.52. The summed E-state index contributed by atoms with van der Waals surface area (Å²) in [6.45, 7) is 2.18. The van der Waals surface area contributed by atoms with Crippen LogP contribution in [0.5, 0.6) is 0 Å². The summed E-state index contributed by atoms with van der Waals surface area (Å²) >= 11 is 1.62. The predicted octanol–water partition coefficient (Wildman–Crippen LogP) is 2.69. The van der Waals surface area contributed by atoms with Gasteiger partial charge in [-0.15, -0.1) is 11.3 Å². The number of rotatable bonds is 3. The number of nitrogens with zero attached hydrogens (tertiary/aromatic N) is 2. The van der Waals surface area contributed by atoms with Crippen molar-refractivity contribution in [1.82, 2.24) is 9.97 Å². The zero-order chi connectivity index (χ0) is 14.2. The van der Waals surface area contributed by atoms with E-state index in [9.17, 15) is 5.11 Å². The van der Waals surface area contributed by atoms with Gasteiger partial charge in [-0.25, -0.2) is 4.98 Å². The Balaban J connectivity index is 2.00. The Morgan fingerprint density at radius 2 is 2.10 bits per heavy atom. The van der Waals surface area contributed by atoms with Crippen molar-refractivity contribution < 1.29 is 5.11 Å². The average Bonchev–Trinajstić information content (AvgIpc) is 2.80. The molecule has 2 aromatic rings. The third-order valence-electron chi connectivity index (χ3n) is 4.03. The molecule has 1 aliphatic rings. The molecule has 0 unspecified atom stereocenters. The van der Waals surface area contributed by atoms with E-state index in [2.05, 4.69) is 28.3 Å². The minimum Gasteiger partial charge on any atom is -0.394 e. The lowest BCUT2D eigenvalue weighted by Gasteiger charge is -2.37. The first kappa shape index (κ1) is 13.6. The smallest absolute Gasteiger partial charge is 0.223 e. The molecule has 0 aliphatic heterocycles. The van der Waals surface area contributed by atoms with Crippen molar-refractivity contribution in [2.75, 3.05) is 17.7 Å². The summed E-state index contributed by atoms with van der Waals surface area (Å²) in [5.41, 5.74) is 5.54. The molecule has 1 aliphatic carbocycles. The molecule has 0 saturated heterocycles. The maximum atomic E-state index is 9.81. The predicted molar refractivity (Wildman–Crippen MR) is 83.1 cm³/mol. The number of hydrogen-bond donors (Lipinski definition) is 3. The van der Waals surface area contributed by atoms with Crippen LogP contribution in [-0.2, 0) is 0 Å². The van der Waals surface area contributed by atoms with E-state index >= 15 is 0 Å². The van der Waals surface area contributed by atoms with Crippen LogP contribution < -0.4 is 11.1 Å². The van der Waals surface area contributed by atoms with Gasteiger partial charge in [-0.1, -0.05) is 19.3 Å². The van der Waals surface area contributed by atoms with Gasteiger partial charge < -0.3 is 16.2 Å². The first-order chi connectivity index (χ1) is 9.62. The van der Waals surface area contributed by atoms with Crippen LogP contribution >= 0.6 is 11.3 Å². The van der Waals surface area contributed by atoms with Crippen LogP contribution in [0.15, 0.2) is 6.07 Å². The standard InChI is InChI=1S/C14H20N4OS/c1-9-7-10-11(16-13(15)17-12(10)20-9)18-14(8-19)5-3-2-4-6-14/h7,19H,2-6,8H2,1H3,(H3,15,16,17,18). The molecule has 4 N–H and O–H groups in total. The van der Waals surface area contributed by atoms with E-state index in [-0.39, 0.29) is 18.1 Å².